The predicted octanol–water partition coefficient (Wildman–Crippen LogP) is 3.05. The second kappa shape index (κ2) is 5.82. The highest BCUT2D eigenvalue weighted by Gasteiger charge is 2.34. The molecule has 0 amide bonds. The highest BCUT2D eigenvalue weighted by molar-refractivity contribution is 6.55. The average molecular weight is 277 g/mol. The molecule has 5 heteroatoms. The van der Waals surface area contributed by atoms with Crippen LogP contribution in [-0.2, 0) is 9.31 Å². The number of allylic oxidation sites excluding steroid dienone is 4. The van der Waals surface area contributed by atoms with Crippen LogP contribution in [0.3, 0.4) is 0 Å². The fraction of sp³-hybridized carbons (Fsp3) is 0.286. The van der Waals surface area contributed by atoms with Crippen molar-refractivity contribution < 1.29 is 14.0 Å². The maximum atomic E-state index is 5.82. The van der Waals surface area contributed by atoms with E-state index >= 15 is 0 Å². The van der Waals surface area contributed by atoms with E-state index in [4.69, 9.17) is 25.6 Å². The second-order valence-corrected chi connectivity index (χ2v) is 4.97. The van der Waals surface area contributed by atoms with Gasteiger partial charge in [-0.25, -0.2) is 0 Å². The molecule has 19 heavy (non-hydrogen) atoms. The first-order valence-corrected chi connectivity index (χ1v) is 6.71. The molecule has 1 aromatic rings. The molecule has 1 fully saturated rings. The van der Waals surface area contributed by atoms with E-state index in [2.05, 4.69) is 12.2 Å². The number of halogens is 1. The standard InChI is InChI=1S/C14H14BClO3/c16-12-5-7-13(8-6-12)17-9-14-10-18-15(19-14)11-3-1-2-4-11/h1,3-8,14H,2,9-10H2/t14-/m0/s1. The molecule has 0 bridgehead atoms. The molecule has 0 spiro atoms. The normalized spacial score (nSPS) is 21.8. The summed E-state index contributed by atoms with van der Waals surface area (Å²) in [5.74, 6) is 0.788. The highest BCUT2D eigenvalue weighted by atomic mass is 35.5. The first kappa shape index (κ1) is 12.8. The third-order valence-electron chi connectivity index (χ3n) is 3.07. The Labute approximate surface area is 117 Å². The van der Waals surface area contributed by atoms with Crippen molar-refractivity contribution in [1.29, 1.82) is 0 Å². The summed E-state index contributed by atoms with van der Waals surface area (Å²) in [6.07, 6.45) is 7.19. The number of hydrogen-bond acceptors (Lipinski definition) is 3. The van der Waals surface area contributed by atoms with Gasteiger partial charge in [-0.1, -0.05) is 29.8 Å². The van der Waals surface area contributed by atoms with E-state index in [0.717, 1.165) is 17.6 Å². The Hall–Kier alpha value is -1.23. The monoisotopic (exact) mass is 276 g/mol. The average Bonchev–Trinajstić information content (AvgIpc) is 3.09. The zero-order valence-electron chi connectivity index (χ0n) is 10.4. The molecule has 1 heterocycles. The van der Waals surface area contributed by atoms with Crippen LogP contribution in [0.5, 0.6) is 5.75 Å². The maximum Gasteiger partial charge on any atom is 0.494 e. The smallest absolute Gasteiger partial charge is 0.491 e. The van der Waals surface area contributed by atoms with Gasteiger partial charge < -0.3 is 14.0 Å². The lowest BCUT2D eigenvalue weighted by atomic mass is 9.79. The molecule has 0 saturated carbocycles. The third-order valence-corrected chi connectivity index (χ3v) is 3.32. The van der Waals surface area contributed by atoms with Crippen molar-refractivity contribution in [3.63, 3.8) is 0 Å². The van der Waals surface area contributed by atoms with Crippen LogP contribution in [0.2, 0.25) is 5.02 Å². The van der Waals surface area contributed by atoms with Crippen LogP contribution in [-0.4, -0.2) is 26.4 Å². The molecule has 98 valence electrons. The Morgan fingerprint density at radius 1 is 1.32 bits per heavy atom. The molecule has 0 unspecified atom stereocenters. The lowest BCUT2D eigenvalue weighted by Gasteiger charge is -2.11. The largest absolute Gasteiger partial charge is 0.494 e. The molecule has 2 aliphatic rings. The van der Waals surface area contributed by atoms with E-state index in [1.165, 1.54) is 0 Å². The zero-order chi connectivity index (χ0) is 13.1. The molecule has 3 rings (SSSR count). The van der Waals surface area contributed by atoms with Gasteiger partial charge in [-0.3, -0.25) is 0 Å². The van der Waals surface area contributed by atoms with Crippen LogP contribution >= 0.6 is 11.6 Å². The van der Waals surface area contributed by atoms with E-state index in [-0.39, 0.29) is 13.2 Å². The van der Waals surface area contributed by atoms with E-state index in [9.17, 15) is 0 Å². The van der Waals surface area contributed by atoms with Gasteiger partial charge in [0.15, 0.2) is 0 Å². The van der Waals surface area contributed by atoms with Gasteiger partial charge in [0.25, 0.3) is 0 Å². The van der Waals surface area contributed by atoms with Crippen molar-refractivity contribution in [3.8, 4) is 5.75 Å². The van der Waals surface area contributed by atoms with Crippen LogP contribution < -0.4 is 4.74 Å². The van der Waals surface area contributed by atoms with Gasteiger partial charge in [0.05, 0.1) is 12.7 Å². The second-order valence-electron chi connectivity index (χ2n) is 4.53. The fourth-order valence-electron chi connectivity index (χ4n) is 2.08. The fourth-order valence-corrected chi connectivity index (χ4v) is 2.21. The summed E-state index contributed by atoms with van der Waals surface area (Å²) >= 11 is 5.82. The molecule has 0 radical (unpaired) electrons. The molecule has 3 nitrogen and oxygen atoms in total. The molecule has 1 aliphatic heterocycles. The molecular formula is C14H14BClO3. The lowest BCUT2D eigenvalue weighted by Crippen LogP contribution is -2.23. The minimum absolute atomic E-state index is 0.0319. The SMILES string of the molecule is Clc1ccc(OC[C@H]2COB(C3=CCC=C3)O2)cc1. The molecule has 1 aliphatic carbocycles. The molecule has 1 saturated heterocycles. The molecule has 1 aromatic carbocycles. The molecule has 0 N–H and O–H groups in total. The number of rotatable bonds is 4. The van der Waals surface area contributed by atoms with E-state index < -0.39 is 0 Å². The summed E-state index contributed by atoms with van der Waals surface area (Å²) in [7, 11) is -0.238. The molecular weight excluding hydrogens is 262 g/mol. The van der Waals surface area contributed by atoms with Crippen LogP contribution in [0.4, 0.5) is 0 Å². The number of ether oxygens (including phenoxy) is 1. The lowest BCUT2D eigenvalue weighted by molar-refractivity contribution is 0.147. The minimum atomic E-state index is -0.238. The topological polar surface area (TPSA) is 27.7 Å². The number of benzene rings is 1. The van der Waals surface area contributed by atoms with Crippen molar-refractivity contribution in [1.82, 2.24) is 0 Å². The van der Waals surface area contributed by atoms with Crippen molar-refractivity contribution in [2.75, 3.05) is 13.2 Å². The van der Waals surface area contributed by atoms with Crippen LogP contribution in [0.15, 0.2) is 48.0 Å². The maximum absolute atomic E-state index is 5.82. The summed E-state index contributed by atoms with van der Waals surface area (Å²) < 4.78 is 17.1. The molecule has 1 atom stereocenters. The van der Waals surface area contributed by atoms with E-state index in [1.807, 2.05) is 18.2 Å². The summed E-state index contributed by atoms with van der Waals surface area (Å²) in [6.45, 7) is 1.04. The Bertz CT molecular complexity index is 498. The van der Waals surface area contributed by atoms with Gasteiger partial charge in [-0.2, -0.15) is 0 Å². The van der Waals surface area contributed by atoms with Gasteiger partial charge in [-0.05, 0) is 36.2 Å². The molecule has 0 aromatic heterocycles. The highest BCUT2D eigenvalue weighted by Crippen LogP contribution is 2.21. The van der Waals surface area contributed by atoms with Gasteiger partial charge >= 0.3 is 7.12 Å². The van der Waals surface area contributed by atoms with Gasteiger partial charge in [0.2, 0.25) is 0 Å². The van der Waals surface area contributed by atoms with Crippen molar-refractivity contribution in [2.45, 2.75) is 12.5 Å². The van der Waals surface area contributed by atoms with Crippen LogP contribution in [0.25, 0.3) is 0 Å². The van der Waals surface area contributed by atoms with Crippen molar-refractivity contribution in [2.24, 2.45) is 0 Å². The van der Waals surface area contributed by atoms with Crippen molar-refractivity contribution in [3.05, 3.63) is 53.0 Å². The Morgan fingerprint density at radius 2 is 2.16 bits per heavy atom. The predicted molar refractivity (Wildman–Crippen MR) is 75.4 cm³/mol. The minimum Gasteiger partial charge on any atom is -0.491 e. The first-order chi connectivity index (χ1) is 9.31. The van der Waals surface area contributed by atoms with Gasteiger partial charge in [0.1, 0.15) is 12.4 Å². The Morgan fingerprint density at radius 3 is 2.89 bits per heavy atom. The third kappa shape index (κ3) is 3.21. The van der Waals surface area contributed by atoms with Crippen LogP contribution in [0, 0.1) is 0 Å². The summed E-state index contributed by atoms with van der Waals surface area (Å²) in [5.41, 5.74) is 1.11. The van der Waals surface area contributed by atoms with Crippen LogP contribution in [0.1, 0.15) is 6.42 Å². The number of hydrogen-bond donors (Lipinski definition) is 0. The zero-order valence-corrected chi connectivity index (χ0v) is 11.2. The van der Waals surface area contributed by atoms with Crippen molar-refractivity contribution >= 4 is 18.7 Å². The Balaban J connectivity index is 1.49. The van der Waals surface area contributed by atoms with Gasteiger partial charge in [0, 0.05) is 5.02 Å². The quantitative estimate of drug-likeness (QED) is 0.791. The summed E-state index contributed by atoms with van der Waals surface area (Å²) in [4.78, 5) is 0. The van der Waals surface area contributed by atoms with E-state index in [1.54, 1.807) is 12.1 Å². The summed E-state index contributed by atoms with van der Waals surface area (Å²) in [5, 5.41) is 0.702. The Kier molecular flexibility index (Phi) is 3.92. The van der Waals surface area contributed by atoms with E-state index in [0.29, 0.717) is 18.2 Å². The van der Waals surface area contributed by atoms with Gasteiger partial charge in [-0.15, -0.1) is 0 Å². The summed E-state index contributed by atoms with van der Waals surface area (Å²) in [6, 6.07) is 7.30. The first-order valence-electron chi connectivity index (χ1n) is 6.33.